The van der Waals surface area contributed by atoms with Gasteiger partial charge in [-0.1, -0.05) is 23.2 Å². The molecule has 0 unspecified atom stereocenters. The van der Waals surface area contributed by atoms with Crippen LogP contribution in [0.15, 0.2) is 71.6 Å². The minimum Gasteiger partial charge on any atom is -0.484 e. The molecule has 0 saturated carbocycles. The van der Waals surface area contributed by atoms with Crippen LogP contribution in [-0.4, -0.2) is 20.9 Å². The molecule has 1 amide bonds. The Kier molecular flexibility index (Phi) is 6.81. The lowest BCUT2D eigenvalue weighted by Gasteiger charge is -2.10. The van der Waals surface area contributed by atoms with E-state index in [0.717, 1.165) is 12.1 Å². The summed E-state index contributed by atoms with van der Waals surface area (Å²) in [5.74, 6) is -0.621. The minimum atomic E-state index is -3.86. The summed E-state index contributed by atoms with van der Waals surface area (Å²) in [6, 6.07) is 15.1. The first-order chi connectivity index (χ1) is 14.2. The molecule has 0 saturated heterocycles. The predicted molar refractivity (Wildman–Crippen MR) is 114 cm³/mol. The van der Waals surface area contributed by atoms with Gasteiger partial charge >= 0.3 is 0 Å². The molecule has 0 aromatic heterocycles. The van der Waals surface area contributed by atoms with Gasteiger partial charge < -0.3 is 10.1 Å². The maximum atomic E-state index is 12.9. The smallest absolute Gasteiger partial charge is 0.262 e. The van der Waals surface area contributed by atoms with E-state index in [1.165, 1.54) is 42.5 Å². The molecule has 156 valence electrons. The van der Waals surface area contributed by atoms with Crippen LogP contribution in [0.1, 0.15) is 0 Å². The Morgan fingerprint density at radius 2 is 1.63 bits per heavy atom. The van der Waals surface area contributed by atoms with Gasteiger partial charge in [0.2, 0.25) is 0 Å². The topological polar surface area (TPSA) is 84.5 Å². The Bertz CT molecular complexity index is 1150. The lowest BCUT2D eigenvalue weighted by Crippen LogP contribution is -2.20. The van der Waals surface area contributed by atoms with Crippen LogP contribution in [0.5, 0.6) is 5.75 Å². The molecule has 3 rings (SSSR count). The number of carbonyl (C=O) groups excluding carboxylic acids is 1. The van der Waals surface area contributed by atoms with Crippen molar-refractivity contribution in [1.29, 1.82) is 0 Å². The number of ether oxygens (including phenoxy) is 1. The van der Waals surface area contributed by atoms with Gasteiger partial charge in [-0.3, -0.25) is 9.52 Å². The third kappa shape index (κ3) is 5.85. The number of halogens is 3. The molecule has 0 aliphatic carbocycles. The van der Waals surface area contributed by atoms with Crippen LogP contribution in [0.3, 0.4) is 0 Å². The Hall–Kier alpha value is -2.81. The second-order valence-corrected chi connectivity index (χ2v) is 8.57. The molecule has 10 heteroatoms. The summed E-state index contributed by atoms with van der Waals surface area (Å²) in [5, 5.41) is 3.32. The highest BCUT2D eigenvalue weighted by Gasteiger charge is 2.15. The average Bonchev–Trinajstić information content (AvgIpc) is 2.70. The number of anilines is 2. The van der Waals surface area contributed by atoms with Gasteiger partial charge in [-0.05, 0) is 66.7 Å². The lowest BCUT2D eigenvalue weighted by molar-refractivity contribution is -0.118. The number of amides is 1. The summed E-state index contributed by atoms with van der Waals surface area (Å²) >= 11 is 11.8. The minimum absolute atomic E-state index is 0.0171. The quantitative estimate of drug-likeness (QED) is 0.513. The van der Waals surface area contributed by atoms with Crippen LogP contribution in [0.2, 0.25) is 10.0 Å². The molecule has 2 N–H and O–H groups in total. The van der Waals surface area contributed by atoms with Crippen molar-refractivity contribution < 1.29 is 22.3 Å². The van der Waals surface area contributed by atoms with Crippen LogP contribution < -0.4 is 14.8 Å². The first-order valence-corrected chi connectivity index (χ1v) is 10.7. The highest BCUT2D eigenvalue weighted by atomic mass is 35.5. The van der Waals surface area contributed by atoms with Crippen molar-refractivity contribution in [2.24, 2.45) is 0 Å². The van der Waals surface area contributed by atoms with Crippen LogP contribution >= 0.6 is 23.2 Å². The standard InChI is InChI=1S/C20H15Cl2FN2O4S/c21-13-1-10-19(18(22)11-13)24-20(26)12-29-16-6-8-17(9-7-16)30(27,28)25-15-4-2-14(23)3-5-15/h1-11,25H,12H2,(H,24,26). The van der Waals surface area contributed by atoms with E-state index in [0.29, 0.717) is 21.5 Å². The SMILES string of the molecule is O=C(COc1ccc(S(=O)(=O)Nc2ccc(F)cc2)cc1)Nc1ccc(Cl)cc1Cl. The van der Waals surface area contributed by atoms with Crippen LogP contribution in [0.25, 0.3) is 0 Å². The van der Waals surface area contributed by atoms with Crippen molar-refractivity contribution in [1.82, 2.24) is 0 Å². The van der Waals surface area contributed by atoms with Gasteiger partial charge in [-0.2, -0.15) is 0 Å². The zero-order valence-corrected chi connectivity index (χ0v) is 17.6. The molecule has 0 spiro atoms. The largest absolute Gasteiger partial charge is 0.484 e. The molecule has 0 radical (unpaired) electrons. The number of carbonyl (C=O) groups is 1. The number of benzene rings is 3. The van der Waals surface area contributed by atoms with E-state index >= 15 is 0 Å². The molecule has 6 nitrogen and oxygen atoms in total. The molecule has 0 aliphatic rings. The van der Waals surface area contributed by atoms with E-state index in [4.69, 9.17) is 27.9 Å². The highest BCUT2D eigenvalue weighted by molar-refractivity contribution is 7.92. The van der Waals surface area contributed by atoms with Crippen molar-refractivity contribution >= 4 is 50.5 Å². The molecule has 3 aromatic carbocycles. The Morgan fingerprint density at radius 1 is 0.967 bits per heavy atom. The summed E-state index contributed by atoms with van der Waals surface area (Å²) in [6.07, 6.45) is 0. The van der Waals surface area contributed by atoms with Crippen LogP contribution in [0, 0.1) is 5.82 Å². The van der Waals surface area contributed by atoms with E-state index < -0.39 is 21.7 Å². The van der Waals surface area contributed by atoms with Crippen molar-refractivity contribution in [3.05, 3.63) is 82.6 Å². The third-order valence-electron chi connectivity index (χ3n) is 3.81. The van der Waals surface area contributed by atoms with Crippen molar-refractivity contribution in [2.45, 2.75) is 4.90 Å². The molecule has 30 heavy (non-hydrogen) atoms. The van der Waals surface area contributed by atoms with E-state index in [-0.39, 0.29) is 17.2 Å². The molecule has 0 heterocycles. The van der Waals surface area contributed by atoms with Gasteiger partial charge in [0, 0.05) is 10.7 Å². The fourth-order valence-corrected chi connectivity index (χ4v) is 3.89. The zero-order chi connectivity index (χ0) is 21.7. The number of hydrogen-bond donors (Lipinski definition) is 2. The Morgan fingerprint density at radius 3 is 2.27 bits per heavy atom. The second kappa shape index (κ2) is 9.34. The third-order valence-corrected chi connectivity index (χ3v) is 5.75. The second-order valence-electron chi connectivity index (χ2n) is 6.04. The summed E-state index contributed by atoms with van der Waals surface area (Å²) in [4.78, 5) is 12.0. The van der Waals surface area contributed by atoms with Gasteiger partial charge in [0.1, 0.15) is 11.6 Å². The van der Waals surface area contributed by atoms with Crippen molar-refractivity contribution in [2.75, 3.05) is 16.6 Å². The van der Waals surface area contributed by atoms with E-state index in [1.807, 2.05) is 0 Å². The molecular weight excluding hydrogens is 454 g/mol. The van der Waals surface area contributed by atoms with Gasteiger partial charge in [-0.15, -0.1) is 0 Å². The molecule has 3 aromatic rings. The molecule has 0 bridgehead atoms. The van der Waals surface area contributed by atoms with Crippen LogP contribution in [0.4, 0.5) is 15.8 Å². The molecular formula is C20H15Cl2FN2O4S. The van der Waals surface area contributed by atoms with Crippen molar-refractivity contribution in [3.8, 4) is 5.75 Å². The summed E-state index contributed by atoms with van der Waals surface area (Å²) < 4.78 is 45.4. The van der Waals surface area contributed by atoms with Gasteiger partial charge in [-0.25, -0.2) is 12.8 Å². The molecule has 0 fully saturated rings. The zero-order valence-electron chi connectivity index (χ0n) is 15.2. The molecule has 0 aliphatic heterocycles. The fraction of sp³-hybridized carbons (Fsp3) is 0.0500. The van der Waals surface area contributed by atoms with Gasteiger partial charge in [0.25, 0.3) is 15.9 Å². The summed E-state index contributed by atoms with van der Waals surface area (Å²) in [5.41, 5.74) is 0.622. The van der Waals surface area contributed by atoms with Crippen molar-refractivity contribution in [3.63, 3.8) is 0 Å². The van der Waals surface area contributed by atoms with E-state index in [1.54, 1.807) is 12.1 Å². The molecule has 0 atom stereocenters. The predicted octanol–water partition coefficient (Wildman–Crippen LogP) is 4.95. The normalized spacial score (nSPS) is 11.0. The maximum absolute atomic E-state index is 12.9. The fourth-order valence-electron chi connectivity index (χ4n) is 2.37. The number of hydrogen-bond acceptors (Lipinski definition) is 4. The number of nitrogens with one attached hydrogen (secondary N) is 2. The average molecular weight is 469 g/mol. The Balaban J connectivity index is 1.58. The highest BCUT2D eigenvalue weighted by Crippen LogP contribution is 2.25. The van der Waals surface area contributed by atoms with Gasteiger partial charge in [0.05, 0.1) is 15.6 Å². The Labute approximate surface area is 182 Å². The first-order valence-electron chi connectivity index (χ1n) is 8.49. The summed E-state index contributed by atoms with van der Waals surface area (Å²) in [7, 11) is -3.86. The van der Waals surface area contributed by atoms with Gasteiger partial charge in [0.15, 0.2) is 6.61 Å². The first kappa shape index (κ1) is 21.9. The monoisotopic (exact) mass is 468 g/mol. The van der Waals surface area contributed by atoms with E-state index in [2.05, 4.69) is 10.0 Å². The summed E-state index contributed by atoms with van der Waals surface area (Å²) in [6.45, 7) is -0.307. The number of rotatable bonds is 7. The lowest BCUT2D eigenvalue weighted by atomic mass is 10.3. The van der Waals surface area contributed by atoms with Crippen LogP contribution in [-0.2, 0) is 14.8 Å². The van der Waals surface area contributed by atoms with E-state index in [9.17, 15) is 17.6 Å². The maximum Gasteiger partial charge on any atom is 0.262 e. The number of sulfonamides is 1.